The molecule has 4 rings (SSSR count). The van der Waals surface area contributed by atoms with Crippen molar-refractivity contribution >= 4 is 23.0 Å². The van der Waals surface area contributed by atoms with Crippen molar-refractivity contribution in [2.75, 3.05) is 4.90 Å². The molecule has 0 bridgehead atoms. The van der Waals surface area contributed by atoms with Crippen molar-refractivity contribution in [3.63, 3.8) is 0 Å². The van der Waals surface area contributed by atoms with E-state index in [-0.39, 0.29) is 5.97 Å². The molecule has 118 valence electrons. The van der Waals surface area contributed by atoms with Crippen LogP contribution in [-0.2, 0) is 0 Å². The number of hydrogen-bond donors (Lipinski definition) is 0. The van der Waals surface area contributed by atoms with E-state index in [0.717, 1.165) is 28.2 Å². The summed E-state index contributed by atoms with van der Waals surface area (Å²) in [5.74, 6) is 0.257. The van der Waals surface area contributed by atoms with Crippen molar-refractivity contribution in [2.45, 2.75) is 13.8 Å². The number of para-hydroxylation sites is 2. The minimum absolute atomic E-state index is 0.325. The molecule has 0 aromatic heterocycles. The van der Waals surface area contributed by atoms with Gasteiger partial charge in [-0.15, -0.1) is 0 Å². The number of fused-ring (bicyclic) bond motifs is 2. The van der Waals surface area contributed by atoms with Crippen molar-refractivity contribution in [1.82, 2.24) is 0 Å². The van der Waals surface area contributed by atoms with Crippen LogP contribution in [0.25, 0.3) is 0 Å². The van der Waals surface area contributed by atoms with E-state index in [1.54, 1.807) is 0 Å². The van der Waals surface area contributed by atoms with Crippen LogP contribution in [0.2, 0.25) is 0 Å². The molecule has 3 nitrogen and oxygen atoms in total. The Morgan fingerprint density at radius 3 is 2.29 bits per heavy atom. The minimum Gasteiger partial charge on any atom is -0.421 e. The Morgan fingerprint density at radius 1 is 0.792 bits per heavy atom. The maximum absolute atomic E-state index is 12.6. The van der Waals surface area contributed by atoms with Gasteiger partial charge in [0.1, 0.15) is 0 Å². The van der Waals surface area contributed by atoms with Crippen LogP contribution in [0, 0.1) is 13.8 Å². The summed E-state index contributed by atoms with van der Waals surface area (Å²) in [5, 5.41) is 0. The van der Waals surface area contributed by atoms with Gasteiger partial charge in [-0.25, -0.2) is 4.79 Å². The minimum atomic E-state index is -0.325. The molecule has 3 heteroatoms. The summed E-state index contributed by atoms with van der Waals surface area (Å²) >= 11 is 0. The summed E-state index contributed by atoms with van der Waals surface area (Å²) in [6.07, 6.45) is 0. The van der Waals surface area contributed by atoms with Gasteiger partial charge >= 0.3 is 5.97 Å². The lowest BCUT2D eigenvalue weighted by Gasteiger charge is -2.27. The lowest BCUT2D eigenvalue weighted by molar-refractivity contribution is 0.0738. The molecular formula is C21H17NO2. The van der Waals surface area contributed by atoms with Gasteiger partial charge in [-0.2, -0.15) is 0 Å². The van der Waals surface area contributed by atoms with Crippen LogP contribution in [0.15, 0.2) is 66.7 Å². The van der Waals surface area contributed by atoms with Crippen LogP contribution >= 0.6 is 0 Å². The van der Waals surface area contributed by atoms with Crippen molar-refractivity contribution in [2.24, 2.45) is 0 Å². The zero-order valence-corrected chi connectivity index (χ0v) is 13.6. The number of esters is 1. The monoisotopic (exact) mass is 315 g/mol. The number of carbonyl (C=O) groups excluding carboxylic acids is 1. The van der Waals surface area contributed by atoms with Gasteiger partial charge < -0.3 is 9.64 Å². The standard InChI is InChI=1S/C21H17NO2/c1-14-11-12-19-20(13-14)24-21(23)16-8-4-6-10-18(16)22(19)17-9-5-3-7-15(17)2/h3-13H,1-2H3. The Balaban J connectivity index is 2.06. The Morgan fingerprint density at radius 2 is 1.50 bits per heavy atom. The molecule has 0 fully saturated rings. The van der Waals surface area contributed by atoms with E-state index < -0.39 is 0 Å². The van der Waals surface area contributed by atoms with Crippen LogP contribution < -0.4 is 9.64 Å². The Hall–Kier alpha value is -3.07. The number of benzene rings is 3. The third kappa shape index (κ3) is 2.26. The van der Waals surface area contributed by atoms with E-state index in [2.05, 4.69) is 24.0 Å². The summed E-state index contributed by atoms with van der Waals surface area (Å²) in [6, 6.07) is 21.7. The van der Waals surface area contributed by atoms with Crippen molar-refractivity contribution < 1.29 is 9.53 Å². The molecule has 0 saturated heterocycles. The van der Waals surface area contributed by atoms with Crippen LogP contribution in [0.4, 0.5) is 17.1 Å². The van der Waals surface area contributed by atoms with Crippen LogP contribution in [-0.4, -0.2) is 5.97 Å². The first-order valence-corrected chi connectivity index (χ1v) is 7.93. The predicted molar refractivity (Wildman–Crippen MR) is 95.6 cm³/mol. The summed E-state index contributed by atoms with van der Waals surface area (Å²) in [7, 11) is 0. The molecule has 0 spiro atoms. The fraction of sp³-hybridized carbons (Fsp3) is 0.0952. The van der Waals surface area contributed by atoms with E-state index in [9.17, 15) is 4.79 Å². The number of ether oxygens (including phenoxy) is 1. The predicted octanol–water partition coefficient (Wildman–Crippen LogP) is 5.31. The molecule has 1 aliphatic heterocycles. The second-order valence-corrected chi connectivity index (χ2v) is 6.00. The zero-order valence-electron chi connectivity index (χ0n) is 13.6. The average Bonchev–Trinajstić information content (AvgIpc) is 2.70. The number of nitrogens with zero attached hydrogens (tertiary/aromatic N) is 1. The van der Waals surface area contributed by atoms with Gasteiger partial charge in [0, 0.05) is 5.69 Å². The van der Waals surface area contributed by atoms with E-state index >= 15 is 0 Å². The highest BCUT2D eigenvalue weighted by molar-refractivity contribution is 6.03. The van der Waals surface area contributed by atoms with Gasteiger partial charge in [-0.05, 0) is 55.3 Å². The highest BCUT2D eigenvalue weighted by atomic mass is 16.5. The summed E-state index contributed by atoms with van der Waals surface area (Å²) in [4.78, 5) is 14.7. The van der Waals surface area contributed by atoms with Crippen molar-refractivity contribution in [3.8, 4) is 5.75 Å². The molecule has 1 aliphatic rings. The van der Waals surface area contributed by atoms with Crippen LogP contribution in [0.3, 0.4) is 0 Å². The van der Waals surface area contributed by atoms with Gasteiger partial charge in [0.15, 0.2) is 5.75 Å². The molecule has 1 heterocycles. The van der Waals surface area contributed by atoms with E-state index in [4.69, 9.17) is 4.74 Å². The molecular weight excluding hydrogens is 298 g/mol. The summed E-state index contributed by atoms with van der Waals surface area (Å²) in [5.41, 5.74) is 5.49. The van der Waals surface area contributed by atoms with Crippen molar-refractivity contribution in [1.29, 1.82) is 0 Å². The first-order valence-electron chi connectivity index (χ1n) is 7.93. The third-order valence-corrected chi connectivity index (χ3v) is 4.28. The highest BCUT2D eigenvalue weighted by Crippen LogP contribution is 2.45. The molecule has 3 aromatic carbocycles. The molecule has 0 aliphatic carbocycles. The second-order valence-electron chi connectivity index (χ2n) is 6.00. The normalized spacial score (nSPS) is 12.9. The molecule has 0 unspecified atom stereocenters. The number of anilines is 3. The maximum Gasteiger partial charge on any atom is 0.345 e. The lowest BCUT2D eigenvalue weighted by Crippen LogP contribution is -2.12. The smallest absolute Gasteiger partial charge is 0.345 e. The topological polar surface area (TPSA) is 29.5 Å². The van der Waals surface area contributed by atoms with E-state index in [0.29, 0.717) is 11.3 Å². The highest BCUT2D eigenvalue weighted by Gasteiger charge is 2.28. The summed E-state index contributed by atoms with van der Waals surface area (Å²) < 4.78 is 5.68. The van der Waals surface area contributed by atoms with Crippen LogP contribution in [0.5, 0.6) is 5.75 Å². The molecule has 0 saturated carbocycles. The number of aryl methyl sites for hydroxylation is 2. The fourth-order valence-electron chi connectivity index (χ4n) is 3.09. The quantitative estimate of drug-likeness (QED) is 0.450. The van der Waals surface area contributed by atoms with Gasteiger partial charge in [0.25, 0.3) is 0 Å². The first kappa shape index (κ1) is 14.5. The first-order chi connectivity index (χ1) is 11.6. The number of hydrogen-bond acceptors (Lipinski definition) is 3. The largest absolute Gasteiger partial charge is 0.421 e. The number of carbonyl (C=O) groups is 1. The Kier molecular flexibility index (Phi) is 3.35. The van der Waals surface area contributed by atoms with Gasteiger partial charge in [-0.3, -0.25) is 0 Å². The van der Waals surface area contributed by atoms with Crippen LogP contribution in [0.1, 0.15) is 21.5 Å². The SMILES string of the molecule is Cc1ccc2c(c1)OC(=O)c1ccccc1N2c1ccccc1C. The lowest BCUT2D eigenvalue weighted by atomic mass is 10.1. The molecule has 0 N–H and O–H groups in total. The van der Waals surface area contributed by atoms with Gasteiger partial charge in [0.05, 0.1) is 16.9 Å². The molecule has 3 aromatic rings. The maximum atomic E-state index is 12.6. The number of rotatable bonds is 1. The van der Waals surface area contributed by atoms with Gasteiger partial charge in [-0.1, -0.05) is 36.4 Å². The molecule has 0 radical (unpaired) electrons. The van der Waals surface area contributed by atoms with E-state index in [1.807, 2.05) is 61.5 Å². The van der Waals surface area contributed by atoms with Crippen molar-refractivity contribution in [3.05, 3.63) is 83.4 Å². The fourth-order valence-corrected chi connectivity index (χ4v) is 3.09. The Bertz CT molecular complexity index is 946. The third-order valence-electron chi connectivity index (χ3n) is 4.28. The van der Waals surface area contributed by atoms with E-state index in [1.165, 1.54) is 0 Å². The summed E-state index contributed by atoms with van der Waals surface area (Å²) in [6.45, 7) is 4.06. The zero-order chi connectivity index (χ0) is 16.7. The molecule has 0 amide bonds. The average molecular weight is 315 g/mol. The van der Waals surface area contributed by atoms with Gasteiger partial charge in [0.2, 0.25) is 0 Å². The Labute approximate surface area is 141 Å². The molecule has 24 heavy (non-hydrogen) atoms. The second kappa shape index (κ2) is 5.53. The molecule has 0 atom stereocenters.